The molecular weight excluding hydrogens is 214 g/mol. The molecule has 1 aromatic heterocycles. The summed E-state index contributed by atoms with van der Waals surface area (Å²) in [7, 11) is 1.72. The summed E-state index contributed by atoms with van der Waals surface area (Å²) in [5.74, 6) is 0.825. The largest absolute Gasteiger partial charge is 0.383 e. The minimum absolute atomic E-state index is 0.543. The molecule has 1 heterocycles. The van der Waals surface area contributed by atoms with Gasteiger partial charge in [0.1, 0.15) is 0 Å². The van der Waals surface area contributed by atoms with E-state index in [0.717, 1.165) is 37.9 Å². The quantitative estimate of drug-likeness (QED) is 0.733. The molecule has 1 aromatic rings. The van der Waals surface area contributed by atoms with Gasteiger partial charge >= 0.3 is 0 Å². The maximum atomic E-state index is 4.98. The van der Waals surface area contributed by atoms with Crippen LogP contribution in [-0.2, 0) is 17.8 Å². The van der Waals surface area contributed by atoms with Crippen LogP contribution < -0.4 is 5.32 Å². The first kappa shape index (κ1) is 12.6. The molecule has 17 heavy (non-hydrogen) atoms. The number of nitrogens with zero attached hydrogens (tertiary/aromatic N) is 2. The summed E-state index contributed by atoms with van der Waals surface area (Å²) in [6.45, 7) is 8.22. The zero-order valence-electron chi connectivity index (χ0n) is 11.1. The Morgan fingerprint density at radius 1 is 1.59 bits per heavy atom. The van der Waals surface area contributed by atoms with Crippen LogP contribution in [0.5, 0.6) is 0 Å². The van der Waals surface area contributed by atoms with E-state index in [1.807, 2.05) is 6.33 Å². The van der Waals surface area contributed by atoms with Crippen LogP contribution in [0.1, 0.15) is 26.0 Å². The fraction of sp³-hybridized carbons (Fsp3) is 0.769. The predicted octanol–water partition coefficient (Wildman–Crippen LogP) is 1.67. The molecule has 0 amide bonds. The molecule has 1 aliphatic rings. The van der Waals surface area contributed by atoms with Crippen molar-refractivity contribution in [2.75, 3.05) is 20.3 Å². The second-order valence-corrected chi connectivity index (χ2v) is 5.62. The molecule has 0 saturated heterocycles. The maximum absolute atomic E-state index is 4.98. The number of hydrogen-bond donors (Lipinski definition) is 1. The second kappa shape index (κ2) is 5.19. The lowest BCUT2D eigenvalue weighted by Crippen LogP contribution is -2.18. The third-order valence-corrected chi connectivity index (χ3v) is 3.62. The molecule has 4 nitrogen and oxygen atoms in total. The van der Waals surface area contributed by atoms with Crippen molar-refractivity contribution in [2.45, 2.75) is 33.4 Å². The Morgan fingerprint density at radius 2 is 2.35 bits per heavy atom. The van der Waals surface area contributed by atoms with Gasteiger partial charge in [0.2, 0.25) is 0 Å². The normalized spacial score (nSPS) is 21.7. The van der Waals surface area contributed by atoms with Gasteiger partial charge in [-0.25, -0.2) is 4.98 Å². The van der Waals surface area contributed by atoms with Gasteiger partial charge in [0.15, 0.2) is 0 Å². The lowest BCUT2D eigenvalue weighted by molar-refractivity contribution is 0.199. The van der Waals surface area contributed by atoms with Crippen molar-refractivity contribution in [3.8, 4) is 0 Å². The van der Waals surface area contributed by atoms with E-state index in [0.29, 0.717) is 5.41 Å². The van der Waals surface area contributed by atoms with Gasteiger partial charge in [-0.3, -0.25) is 0 Å². The zero-order chi connectivity index (χ0) is 12.3. The van der Waals surface area contributed by atoms with Crippen LogP contribution in [0.2, 0.25) is 0 Å². The number of ether oxygens (including phenoxy) is 1. The lowest BCUT2D eigenvalue weighted by atomic mass is 10.1. The average Bonchev–Trinajstić information content (AvgIpc) is 2.71. The monoisotopic (exact) mass is 237 g/mol. The van der Waals surface area contributed by atoms with E-state index >= 15 is 0 Å². The lowest BCUT2D eigenvalue weighted by Gasteiger charge is -2.04. The second-order valence-electron chi connectivity index (χ2n) is 5.62. The molecule has 1 fully saturated rings. The molecule has 0 radical (unpaired) electrons. The fourth-order valence-electron chi connectivity index (χ4n) is 2.13. The van der Waals surface area contributed by atoms with E-state index in [1.54, 1.807) is 7.11 Å². The maximum Gasteiger partial charge on any atom is 0.0950 e. The molecule has 0 bridgehead atoms. The highest BCUT2D eigenvalue weighted by Crippen LogP contribution is 2.52. The summed E-state index contributed by atoms with van der Waals surface area (Å²) >= 11 is 0. The number of aromatic nitrogens is 2. The van der Waals surface area contributed by atoms with Gasteiger partial charge in [0, 0.05) is 32.9 Å². The molecular formula is C13H23N3O. The summed E-state index contributed by atoms with van der Waals surface area (Å²) in [6.07, 6.45) is 5.43. The fourth-order valence-corrected chi connectivity index (χ4v) is 2.13. The van der Waals surface area contributed by atoms with Gasteiger partial charge < -0.3 is 14.6 Å². The standard InChI is InChI=1S/C13H23N3O/c1-13(2)6-11(13)8-16-9-12(15-10-16)7-14-4-5-17-3/h9-11,14H,4-8H2,1-3H3. The summed E-state index contributed by atoms with van der Waals surface area (Å²) in [6, 6.07) is 0. The topological polar surface area (TPSA) is 39.1 Å². The summed E-state index contributed by atoms with van der Waals surface area (Å²) in [5.41, 5.74) is 1.65. The first-order valence-electron chi connectivity index (χ1n) is 6.32. The van der Waals surface area contributed by atoms with Crippen molar-refractivity contribution in [3.05, 3.63) is 18.2 Å². The van der Waals surface area contributed by atoms with E-state index in [4.69, 9.17) is 4.74 Å². The van der Waals surface area contributed by atoms with Crippen LogP contribution >= 0.6 is 0 Å². The highest BCUT2D eigenvalue weighted by Gasteiger charge is 2.45. The highest BCUT2D eigenvalue weighted by atomic mass is 16.5. The molecule has 0 spiro atoms. The molecule has 1 atom stereocenters. The van der Waals surface area contributed by atoms with Gasteiger partial charge in [-0.1, -0.05) is 13.8 Å². The van der Waals surface area contributed by atoms with Crippen LogP contribution in [0, 0.1) is 11.3 Å². The summed E-state index contributed by atoms with van der Waals surface area (Å²) < 4.78 is 7.20. The Kier molecular flexibility index (Phi) is 3.84. The molecule has 4 heteroatoms. The van der Waals surface area contributed by atoms with Gasteiger partial charge in [0.05, 0.1) is 18.6 Å². The van der Waals surface area contributed by atoms with Crippen molar-refractivity contribution in [3.63, 3.8) is 0 Å². The molecule has 2 rings (SSSR count). The Balaban J connectivity index is 1.72. The van der Waals surface area contributed by atoms with Crippen LogP contribution in [0.15, 0.2) is 12.5 Å². The number of nitrogens with one attached hydrogen (secondary N) is 1. The van der Waals surface area contributed by atoms with Gasteiger partial charge in [-0.05, 0) is 17.8 Å². The van der Waals surface area contributed by atoms with Crippen LogP contribution in [-0.4, -0.2) is 29.8 Å². The minimum atomic E-state index is 0.543. The van der Waals surface area contributed by atoms with Crippen LogP contribution in [0.25, 0.3) is 0 Å². The molecule has 1 unspecified atom stereocenters. The molecule has 1 N–H and O–H groups in total. The Bertz CT molecular complexity index is 359. The molecule has 0 aromatic carbocycles. The molecule has 0 aliphatic heterocycles. The molecule has 1 aliphatic carbocycles. The predicted molar refractivity (Wildman–Crippen MR) is 67.7 cm³/mol. The van der Waals surface area contributed by atoms with Gasteiger partial charge in [0.25, 0.3) is 0 Å². The number of methoxy groups -OCH3 is 1. The summed E-state index contributed by atoms with van der Waals surface area (Å²) in [5, 5.41) is 3.30. The van der Waals surface area contributed by atoms with Gasteiger partial charge in [-0.2, -0.15) is 0 Å². The Labute approximate surface area is 103 Å². The SMILES string of the molecule is COCCNCc1cn(CC2CC2(C)C)cn1. The third kappa shape index (κ3) is 3.54. The van der Waals surface area contributed by atoms with Crippen molar-refractivity contribution in [2.24, 2.45) is 11.3 Å². The highest BCUT2D eigenvalue weighted by molar-refractivity contribution is 5.00. The van der Waals surface area contributed by atoms with Crippen molar-refractivity contribution >= 4 is 0 Å². The van der Waals surface area contributed by atoms with E-state index in [2.05, 4.69) is 34.9 Å². The third-order valence-electron chi connectivity index (χ3n) is 3.62. The molecule has 96 valence electrons. The average molecular weight is 237 g/mol. The van der Waals surface area contributed by atoms with Crippen LogP contribution in [0.4, 0.5) is 0 Å². The summed E-state index contributed by atoms with van der Waals surface area (Å²) in [4.78, 5) is 4.40. The number of imidazole rings is 1. The molecule has 1 saturated carbocycles. The first-order chi connectivity index (χ1) is 8.12. The van der Waals surface area contributed by atoms with E-state index < -0.39 is 0 Å². The van der Waals surface area contributed by atoms with Crippen molar-refractivity contribution in [1.29, 1.82) is 0 Å². The van der Waals surface area contributed by atoms with Gasteiger partial charge in [-0.15, -0.1) is 0 Å². The number of hydrogen-bond acceptors (Lipinski definition) is 3. The van der Waals surface area contributed by atoms with Crippen molar-refractivity contribution < 1.29 is 4.74 Å². The number of rotatable bonds is 7. The Morgan fingerprint density at radius 3 is 3.00 bits per heavy atom. The Hall–Kier alpha value is -0.870. The smallest absolute Gasteiger partial charge is 0.0950 e. The van der Waals surface area contributed by atoms with E-state index in [9.17, 15) is 0 Å². The van der Waals surface area contributed by atoms with Crippen LogP contribution in [0.3, 0.4) is 0 Å². The first-order valence-corrected chi connectivity index (χ1v) is 6.32. The van der Waals surface area contributed by atoms with E-state index in [1.165, 1.54) is 6.42 Å². The zero-order valence-corrected chi connectivity index (χ0v) is 11.1. The van der Waals surface area contributed by atoms with E-state index in [-0.39, 0.29) is 0 Å². The minimum Gasteiger partial charge on any atom is -0.383 e. The van der Waals surface area contributed by atoms with Crippen molar-refractivity contribution in [1.82, 2.24) is 14.9 Å².